The largest absolute Gasteiger partial charge is 0.495 e. The number of benzene rings is 2. The number of fused-ring (bicyclic) bond motifs is 1. The van der Waals surface area contributed by atoms with Gasteiger partial charge in [-0.2, -0.15) is 0 Å². The molecule has 0 aliphatic carbocycles. The van der Waals surface area contributed by atoms with Gasteiger partial charge in [0.05, 0.1) is 30.7 Å². The van der Waals surface area contributed by atoms with Crippen LogP contribution in [0.3, 0.4) is 0 Å². The van der Waals surface area contributed by atoms with Gasteiger partial charge >= 0.3 is 0 Å². The van der Waals surface area contributed by atoms with Crippen molar-refractivity contribution >= 4 is 10.9 Å². The lowest BCUT2D eigenvalue weighted by molar-refractivity contribution is -0.668. The van der Waals surface area contributed by atoms with Gasteiger partial charge in [-0.15, -0.1) is 0 Å². The van der Waals surface area contributed by atoms with E-state index in [0.717, 1.165) is 0 Å². The van der Waals surface area contributed by atoms with E-state index in [1.807, 2.05) is 61.8 Å². The summed E-state index contributed by atoms with van der Waals surface area (Å²) in [5.41, 5.74) is 1.35. The van der Waals surface area contributed by atoms with E-state index in [0.29, 0.717) is 28.2 Å². The number of methoxy groups -OCH3 is 1. The Bertz CT molecular complexity index is 902. The maximum absolute atomic E-state index is 13.1. The Balaban J connectivity index is 2.42. The van der Waals surface area contributed by atoms with E-state index in [1.165, 1.54) is 0 Å². The number of rotatable bonds is 4. The smallest absolute Gasteiger partial charge is 0.266 e. The third-order valence-electron chi connectivity index (χ3n) is 4.03. The maximum Gasteiger partial charge on any atom is 0.266 e. The van der Waals surface area contributed by atoms with Crippen LogP contribution in [0.5, 0.6) is 5.75 Å². The minimum atomic E-state index is -0.0798. The normalized spacial score (nSPS) is 12.3. The fraction of sp³-hybridized carbons (Fsp3) is 0.222. The Labute approximate surface area is 134 Å². The molecular weight excluding hydrogens is 290 g/mol. The SMILES string of the molecule is C[NH2+][C@H](C)c1nc2ccccc2c(=O)n1-c1ccccc1OC. The highest BCUT2D eigenvalue weighted by Gasteiger charge is 2.20. The second-order valence-electron chi connectivity index (χ2n) is 5.42. The zero-order valence-electron chi connectivity index (χ0n) is 13.5. The highest BCUT2D eigenvalue weighted by molar-refractivity contribution is 5.78. The van der Waals surface area contributed by atoms with Crippen molar-refractivity contribution in [3.8, 4) is 11.4 Å². The highest BCUT2D eigenvalue weighted by atomic mass is 16.5. The molecular formula is C18H20N3O2+. The van der Waals surface area contributed by atoms with Crippen LogP contribution in [-0.4, -0.2) is 23.7 Å². The molecule has 3 aromatic rings. The van der Waals surface area contributed by atoms with Crippen molar-refractivity contribution in [3.63, 3.8) is 0 Å². The summed E-state index contributed by atoms with van der Waals surface area (Å²) < 4.78 is 7.10. The lowest BCUT2D eigenvalue weighted by Crippen LogP contribution is -2.80. The van der Waals surface area contributed by atoms with Gasteiger partial charge in [-0.1, -0.05) is 24.3 Å². The zero-order chi connectivity index (χ0) is 16.4. The lowest BCUT2D eigenvalue weighted by Gasteiger charge is -2.18. The standard InChI is InChI=1S/C18H19N3O2/c1-12(19-2)17-20-14-9-5-4-8-13(14)18(22)21(17)15-10-6-7-11-16(15)23-3/h4-12,19H,1-3H3/p+1/t12-/m1/s1. The molecule has 3 rings (SSSR count). The number of hydrogen-bond acceptors (Lipinski definition) is 3. The van der Waals surface area contributed by atoms with Crippen LogP contribution in [0.25, 0.3) is 16.6 Å². The second kappa shape index (κ2) is 6.22. The Morgan fingerprint density at radius 3 is 2.57 bits per heavy atom. The van der Waals surface area contributed by atoms with Gasteiger partial charge < -0.3 is 10.1 Å². The van der Waals surface area contributed by atoms with Crippen molar-refractivity contribution in [2.24, 2.45) is 0 Å². The van der Waals surface area contributed by atoms with Gasteiger partial charge in [0.1, 0.15) is 11.8 Å². The average Bonchev–Trinajstić information content (AvgIpc) is 2.61. The first-order valence-corrected chi connectivity index (χ1v) is 7.62. The number of nitrogens with two attached hydrogens (primary N) is 1. The highest BCUT2D eigenvalue weighted by Crippen LogP contribution is 2.24. The van der Waals surface area contributed by atoms with Crippen LogP contribution in [-0.2, 0) is 0 Å². The molecule has 118 valence electrons. The van der Waals surface area contributed by atoms with Crippen molar-refractivity contribution in [2.45, 2.75) is 13.0 Å². The summed E-state index contributed by atoms with van der Waals surface area (Å²) in [5, 5.41) is 2.63. The lowest BCUT2D eigenvalue weighted by atomic mass is 10.2. The molecule has 0 saturated carbocycles. The topological polar surface area (TPSA) is 60.7 Å². The predicted octanol–water partition coefficient (Wildman–Crippen LogP) is 1.65. The molecule has 5 heteroatoms. The summed E-state index contributed by atoms with van der Waals surface area (Å²) in [6.45, 7) is 2.03. The maximum atomic E-state index is 13.1. The van der Waals surface area contributed by atoms with Gasteiger partial charge in [-0.3, -0.25) is 9.36 Å². The third kappa shape index (κ3) is 2.59. The van der Waals surface area contributed by atoms with Crippen molar-refractivity contribution < 1.29 is 10.1 Å². The van der Waals surface area contributed by atoms with E-state index in [2.05, 4.69) is 0 Å². The average molecular weight is 310 g/mol. The minimum Gasteiger partial charge on any atom is -0.495 e. The van der Waals surface area contributed by atoms with Crippen molar-refractivity contribution in [1.82, 2.24) is 9.55 Å². The number of hydrogen-bond donors (Lipinski definition) is 1. The molecule has 2 aromatic carbocycles. The van der Waals surface area contributed by atoms with E-state index in [9.17, 15) is 4.79 Å². The van der Waals surface area contributed by atoms with Gasteiger partial charge in [0.2, 0.25) is 0 Å². The fourth-order valence-electron chi connectivity index (χ4n) is 2.65. The number of aromatic nitrogens is 2. The molecule has 0 amide bonds. The number of nitrogens with zero attached hydrogens (tertiary/aromatic N) is 2. The van der Waals surface area contributed by atoms with Crippen molar-refractivity contribution in [1.29, 1.82) is 0 Å². The summed E-state index contributed by atoms with van der Waals surface area (Å²) in [6.07, 6.45) is 0. The molecule has 2 N–H and O–H groups in total. The minimum absolute atomic E-state index is 0.0391. The van der Waals surface area contributed by atoms with Gasteiger partial charge in [-0.05, 0) is 31.2 Å². The van der Waals surface area contributed by atoms with Gasteiger partial charge in [0.25, 0.3) is 5.56 Å². The Hall–Kier alpha value is -2.66. The molecule has 1 aromatic heterocycles. The van der Waals surface area contributed by atoms with E-state index >= 15 is 0 Å². The first-order chi connectivity index (χ1) is 11.2. The van der Waals surface area contributed by atoms with E-state index in [1.54, 1.807) is 17.7 Å². The van der Waals surface area contributed by atoms with E-state index < -0.39 is 0 Å². The Morgan fingerprint density at radius 1 is 1.13 bits per heavy atom. The summed E-state index contributed by atoms with van der Waals surface area (Å²) in [4.78, 5) is 17.8. The molecule has 0 fully saturated rings. The molecule has 23 heavy (non-hydrogen) atoms. The molecule has 0 spiro atoms. The number of para-hydroxylation sites is 3. The number of ether oxygens (including phenoxy) is 1. The fourth-order valence-corrected chi connectivity index (χ4v) is 2.65. The van der Waals surface area contributed by atoms with Gasteiger partial charge in [0, 0.05) is 0 Å². The van der Waals surface area contributed by atoms with Crippen LogP contribution in [0.15, 0.2) is 53.3 Å². The summed E-state index contributed by atoms with van der Waals surface area (Å²) in [7, 11) is 3.58. The summed E-state index contributed by atoms with van der Waals surface area (Å²) in [6, 6.07) is 15.0. The Kier molecular flexibility index (Phi) is 4.12. The van der Waals surface area contributed by atoms with Crippen molar-refractivity contribution in [2.75, 3.05) is 14.2 Å². The molecule has 5 nitrogen and oxygen atoms in total. The molecule has 1 atom stereocenters. The predicted molar refractivity (Wildman–Crippen MR) is 90.2 cm³/mol. The second-order valence-corrected chi connectivity index (χ2v) is 5.42. The monoisotopic (exact) mass is 310 g/mol. The zero-order valence-corrected chi connectivity index (χ0v) is 13.5. The van der Waals surface area contributed by atoms with Crippen LogP contribution in [0.1, 0.15) is 18.8 Å². The number of quaternary nitrogens is 1. The van der Waals surface area contributed by atoms with Crippen LogP contribution in [0, 0.1) is 0 Å². The third-order valence-corrected chi connectivity index (χ3v) is 4.03. The molecule has 0 radical (unpaired) electrons. The molecule has 0 unspecified atom stereocenters. The van der Waals surface area contributed by atoms with Crippen LogP contribution < -0.4 is 15.6 Å². The summed E-state index contributed by atoms with van der Waals surface area (Å²) in [5.74, 6) is 1.36. The molecule has 1 heterocycles. The van der Waals surface area contributed by atoms with Crippen LogP contribution in [0.2, 0.25) is 0 Å². The molecule has 0 aliphatic heterocycles. The van der Waals surface area contributed by atoms with Gasteiger partial charge in [-0.25, -0.2) is 4.98 Å². The van der Waals surface area contributed by atoms with E-state index in [-0.39, 0.29) is 11.6 Å². The quantitative estimate of drug-likeness (QED) is 0.797. The van der Waals surface area contributed by atoms with E-state index in [4.69, 9.17) is 9.72 Å². The van der Waals surface area contributed by atoms with Crippen LogP contribution in [0.4, 0.5) is 0 Å². The first-order valence-electron chi connectivity index (χ1n) is 7.62. The first kappa shape index (κ1) is 15.2. The van der Waals surface area contributed by atoms with Crippen LogP contribution >= 0.6 is 0 Å². The van der Waals surface area contributed by atoms with Crippen molar-refractivity contribution in [3.05, 3.63) is 64.7 Å². The Morgan fingerprint density at radius 2 is 1.83 bits per heavy atom. The molecule has 0 bridgehead atoms. The van der Waals surface area contributed by atoms with Gasteiger partial charge in [0.15, 0.2) is 5.82 Å². The molecule has 0 aliphatic rings. The summed E-state index contributed by atoms with van der Waals surface area (Å²) >= 11 is 0. The molecule has 0 saturated heterocycles.